The van der Waals surface area contributed by atoms with Crippen LogP contribution in [0.1, 0.15) is 20.0 Å². The Hall–Kier alpha value is -2.18. The van der Waals surface area contributed by atoms with Crippen LogP contribution in [-0.2, 0) is 4.74 Å². The van der Waals surface area contributed by atoms with Gasteiger partial charge in [0.25, 0.3) is 11.8 Å². The zero-order valence-corrected chi connectivity index (χ0v) is 12.4. The summed E-state index contributed by atoms with van der Waals surface area (Å²) in [6, 6.07) is 10.3. The van der Waals surface area contributed by atoms with Gasteiger partial charge in [-0.25, -0.2) is 0 Å². The molecule has 2 N–H and O–H groups in total. The number of nitrogens with one attached hydrogen (secondary N) is 2. The van der Waals surface area contributed by atoms with Crippen LogP contribution in [0.15, 0.2) is 41.8 Å². The summed E-state index contributed by atoms with van der Waals surface area (Å²) in [5.74, 6) is -0.314. The molecule has 2 rings (SSSR count). The number of hydrogen-bond acceptors (Lipinski definition) is 4. The van der Waals surface area contributed by atoms with Crippen LogP contribution in [0.4, 0.5) is 5.69 Å². The topological polar surface area (TPSA) is 67.4 Å². The van der Waals surface area contributed by atoms with Gasteiger partial charge in [0.15, 0.2) is 0 Å². The number of ether oxygens (including phenoxy) is 1. The Kier molecular flexibility index (Phi) is 5.48. The molecule has 110 valence electrons. The predicted octanol–water partition coefficient (Wildman–Crippen LogP) is 2.38. The van der Waals surface area contributed by atoms with Crippen LogP contribution < -0.4 is 10.6 Å². The fraction of sp³-hybridized carbons (Fsp3) is 0.200. The molecule has 2 amide bonds. The highest BCUT2D eigenvalue weighted by molar-refractivity contribution is 7.12. The first-order chi connectivity index (χ1) is 10.2. The number of anilines is 1. The second-order valence-corrected chi connectivity index (χ2v) is 5.21. The average Bonchev–Trinajstić information content (AvgIpc) is 3.02. The van der Waals surface area contributed by atoms with Gasteiger partial charge in [-0.15, -0.1) is 11.3 Å². The minimum atomic E-state index is -0.164. The van der Waals surface area contributed by atoms with Crippen molar-refractivity contribution in [2.45, 2.75) is 0 Å². The van der Waals surface area contributed by atoms with Crippen LogP contribution in [-0.4, -0.2) is 32.1 Å². The minimum Gasteiger partial charge on any atom is -0.383 e. The quantitative estimate of drug-likeness (QED) is 0.805. The van der Waals surface area contributed by atoms with E-state index in [-0.39, 0.29) is 11.8 Å². The first kappa shape index (κ1) is 15.2. The SMILES string of the molecule is COCCNC(=O)c1ccc(NC(=O)c2cccs2)cc1. The molecule has 21 heavy (non-hydrogen) atoms. The highest BCUT2D eigenvalue weighted by atomic mass is 32.1. The molecule has 0 spiro atoms. The van der Waals surface area contributed by atoms with Gasteiger partial charge >= 0.3 is 0 Å². The fourth-order valence-electron chi connectivity index (χ4n) is 1.67. The molecule has 0 aliphatic carbocycles. The van der Waals surface area contributed by atoms with Crippen LogP contribution in [0.2, 0.25) is 0 Å². The monoisotopic (exact) mass is 304 g/mol. The van der Waals surface area contributed by atoms with E-state index in [2.05, 4.69) is 10.6 Å². The lowest BCUT2D eigenvalue weighted by Gasteiger charge is -2.06. The average molecular weight is 304 g/mol. The molecule has 0 bridgehead atoms. The van der Waals surface area contributed by atoms with E-state index in [0.717, 1.165) is 0 Å². The molecule has 1 heterocycles. The molecule has 0 saturated carbocycles. The molecule has 0 aliphatic heterocycles. The van der Waals surface area contributed by atoms with Gasteiger partial charge < -0.3 is 15.4 Å². The first-order valence-electron chi connectivity index (χ1n) is 6.43. The van der Waals surface area contributed by atoms with Crippen molar-refractivity contribution >= 4 is 28.8 Å². The van der Waals surface area contributed by atoms with E-state index in [1.807, 2.05) is 11.4 Å². The van der Waals surface area contributed by atoms with Crippen LogP contribution in [0.5, 0.6) is 0 Å². The predicted molar refractivity (Wildman–Crippen MR) is 82.9 cm³/mol. The third kappa shape index (κ3) is 4.40. The van der Waals surface area contributed by atoms with E-state index in [1.165, 1.54) is 11.3 Å². The third-order valence-corrected chi connectivity index (χ3v) is 3.61. The maximum atomic E-state index is 11.9. The Balaban J connectivity index is 1.92. The number of rotatable bonds is 6. The van der Waals surface area contributed by atoms with E-state index in [1.54, 1.807) is 37.4 Å². The molecule has 0 saturated heterocycles. The number of benzene rings is 1. The summed E-state index contributed by atoms with van der Waals surface area (Å²) in [6.07, 6.45) is 0. The standard InChI is InChI=1S/C15H16N2O3S/c1-20-9-8-16-14(18)11-4-6-12(7-5-11)17-15(19)13-3-2-10-21-13/h2-7,10H,8-9H2,1H3,(H,16,18)(H,17,19). The van der Waals surface area contributed by atoms with E-state index in [0.29, 0.717) is 29.3 Å². The largest absolute Gasteiger partial charge is 0.383 e. The Morgan fingerprint density at radius 1 is 1.14 bits per heavy atom. The van der Waals surface area contributed by atoms with Crippen molar-refractivity contribution in [3.63, 3.8) is 0 Å². The summed E-state index contributed by atoms with van der Waals surface area (Å²) >= 11 is 1.38. The van der Waals surface area contributed by atoms with Crippen LogP contribution in [0.25, 0.3) is 0 Å². The molecule has 5 nitrogen and oxygen atoms in total. The van der Waals surface area contributed by atoms with E-state index < -0.39 is 0 Å². The van der Waals surface area contributed by atoms with Crippen molar-refractivity contribution in [2.75, 3.05) is 25.6 Å². The van der Waals surface area contributed by atoms with Gasteiger partial charge in [0, 0.05) is 24.9 Å². The van der Waals surface area contributed by atoms with Gasteiger partial charge in [0.2, 0.25) is 0 Å². The van der Waals surface area contributed by atoms with Crippen molar-refractivity contribution in [1.29, 1.82) is 0 Å². The fourth-order valence-corrected chi connectivity index (χ4v) is 2.29. The molecule has 1 aromatic heterocycles. The van der Waals surface area contributed by atoms with Gasteiger partial charge in [-0.05, 0) is 35.7 Å². The van der Waals surface area contributed by atoms with Gasteiger partial charge in [-0.1, -0.05) is 6.07 Å². The van der Waals surface area contributed by atoms with Gasteiger partial charge in [0.1, 0.15) is 0 Å². The van der Waals surface area contributed by atoms with Gasteiger partial charge in [0.05, 0.1) is 11.5 Å². The molecule has 0 radical (unpaired) electrons. The summed E-state index contributed by atoms with van der Waals surface area (Å²) in [5.41, 5.74) is 1.20. The highest BCUT2D eigenvalue weighted by Crippen LogP contribution is 2.14. The lowest BCUT2D eigenvalue weighted by molar-refractivity contribution is 0.0936. The van der Waals surface area contributed by atoms with Crippen molar-refractivity contribution in [3.8, 4) is 0 Å². The van der Waals surface area contributed by atoms with Crippen molar-refractivity contribution < 1.29 is 14.3 Å². The molecular weight excluding hydrogens is 288 g/mol. The lowest BCUT2D eigenvalue weighted by Crippen LogP contribution is -2.26. The highest BCUT2D eigenvalue weighted by Gasteiger charge is 2.08. The van der Waals surface area contributed by atoms with Crippen molar-refractivity contribution in [2.24, 2.45) is 0 Å². The van der Waals surface area contributed by atoms with Crippen LogP contribution in [0.3, 0.4) is 0 Å². The second kappa shape index (κ2) is 7.56. The molecule has 6 heteroatoms. The van der Waals surface area contributed by atoms with Crippen molar-refractivity contribution in [3.05, 3.63) is 52.2 Å². The molecule has 0 unspecified atom stereocenters. The zero-order chi connectivity index (χ0) is 15.1. The molecule has 0 fully saturated rings. The van der Waals surface area contributed by atoms with E-state index in [4.69, 9.17) is 4.74 Å². The summed E-state index contributed by atoms with van der Waals surface area (Å²) in [5, 5.41) is 7.36. The minimum absolute atomic E-state index is 0.151. The number of thiophene rings is 1. The molecular formula is C15H16N2O3S. The van der Waals surface area contributed by atoms with E-state index in [9.17, 15) is 9.59 Å². The summed E-state index contributed by atoms with van der Waals surface area (Å²) in [4.78, 5) is 24.3. The first-order valence-corrected chi connectivity index (χ1v) is 7.30. The van der Waals surface area contributed by atoms with Gasteiger partial charge in [-0.2, -0.15) is 0 Å². The number of methoxy groups -OCH3 is 1. The number of amides is 2. The van der Waals surface area contributed by atoms with Gasteiger partial charge in [-0.3, -0.25) is 9.59 Å². The normalized spacial score (nSPS) is 10.1. The summed E-state index contributed by atoms with van der Waals surface area (Å²) < 4.78 is 4.87. The Bertz CT molecular complexity index is 594. The summed E-state index contributed by atoms with van der Waals surface area (Å²) in [6.45, 7) is 0.937. The maximum Gasteiger partial charge on any atom is 0.265 e. The van der Waals surface area contributed by atoms with E-state index >= 15 is 0 Å². The molecule has 1 aromatic carbocycles. The Morgan fingerprint density at radius 2 is 1.90 bits per heavy atom. The summed E-state index contributed by atoms with van der Waals surface area (Å²) in [7, 11) is 1.58. The Morgan fingerprint density at radius 3 is 2.52 bits per heavy atom. The van der Waals surface area contributed by atoms with Crippen LogP contribution in [0, 0.1) is 0 Å². The molecule has 2 aromatic rings. The smallest absolute Gasteiger partial charge is 0.265 e. The Labute approximate surface area is 126 Å². The van der Waals surface area contributed by atoms with Crippen molar-refractivity contribution in [1.82, 2.24) is 5.32 Å². The second-order valence-electron chi connectivity index (χ2n) is 4.26. The molecule has 0 atom stereocenters. The molecule has 0 aliphatic rings. The number of carbonyl (C=O) groups excluding carboxylic acids is 2. The zero-order valence-electron chi connectivity index (χ0n) is 11.6. The maximum absolute atomic E-state index is 11.9. The number of hydrogen-bond donors (Lipinski definition) is 2. The number of carbonyl (C=O) groups is 2. The lowest BCUT2D eigenvalue weighted by atomic mass is 10.2. The van der Waals surface area contributed by atoms with Crippen LogP contribution >= 0.6 is 11.3 Å². The third-order valence-electron chi connectivity index (χ3n) is 2.74.